The molecule has 0 unspecified atom stereocenters. The molecule has 0 fully saturated rings. The van der Waals surface area contributed by atoms with E-state index in [-0.39, 0.29) is 0 Å². The average molecular weight is 297 g/mol. The van der Waals surface area contributed by atoms with E-state index in [1.54, 1.807) is 19.8 Å². The zero-order valence-electron chi connectivity index (χ0n) is 13.5. The van der Waals surface area contributed by atoms with E-state index < -0.39 is 0 Å². The molecule has 0 radical (unpaired) electrons. The fourth-order valence-corrected chi connectivity index (χ4v) is 2.29. The number of hydrogen-bond donors (Lipinski definition) is 0. The fourth-order valence-electron chi connectivity index (χ4n) is 2.29. The van der Waals surface area contributed by atoms with Gasteiger partial charge in [-0.2, -0.15) is 5.26 Å². The van der Waals surface area contributed by atoms with Gasteiger partial charge in [-0.05, 0) is 25.5 Å². The number of benzene rings is 1. The summed E-state index contributed by atoms with van der Waals surface area (Å²) in [7, 11) is 5.39. The van der Waals surface area contributed by atoms with Crippen LogP contribution in [0.2, 0.25) is 0 Å². The predicted molar refractivity (Wildman–Crippen MR) is 86.1 cm³/mol. The van der Waals surface area contributed by atoms with Gasteiger partial charge in [0.25, 0.3) is 0 Å². The lowest BCUT2D eigenvalue weighted by Crippen LogP contribution is -2.08. The van der Waals surface area contributed by atoms with E-state index in [2.05, 4.69) is 16.0 Å². The van der Waals surface area contributed by atoms with Crippen LogP contribution in [-0.4, -0.2) is 42.0 Å². The quantitative estimate of drug-likeness (QED) is 0.642. The molecule has 2 aromatic rings. The highest BCUT2D eigenvalue weighted by Crippen LogP contribution is 2.31. The van der Waals surface area contributed by atoms with Crippen LogP contribution in [0, 0.1) is 25.2 Å². The number of aliphatic imine (C=N–C) groups is 1. The summed E-state index contributed by atoms with van der Waals surface area (Å²) in [4.78, 5) is 10.4. The summed E-state index contributed by atoms with van der Waals surface area (Å²) >= 11 is 0. The number of imidazole rings is 1. The van der Waals surface area contributed by atoms with Crippen molar-refractivity contribution in [3.05, 3.63) is 35.3 Å². The first-order chi connectivity index (χ1) is 10.5. The lowest BCUT2D eigenvalue weighted by molar-refractivity contribution is 0.411. The lowest BCUT2D eigenvalue weighted by Gasteiger charge is -2.15. The number of rotatable bonds is 4. The van der Waals surface area contributed by atoms with Crippen LogP contribution in [0.15, 0.2) is 23.5 Å². The van der Waals surface area contributed by atoms with E-state index >= 15 is 0 Å². The molecule has 0 saturated carbocycles. The molecule has 0 aliphatic carbocycles. The molecular formula is C16H19N5O. The number of methoxy groups -OCH3 is 1. The molecule has 1 heterocycles. The van der Waals surface area contributed by atoms with Crippen LogP contribution < -0.4 is 4.74 Å². The molecule has 6 nitrogen and oxygen atoms in total. The molecule has 0 spiro atoms. The Morgan fingerprint density at radius 1 is 1.36 bits per heavy atom. The topological polar surface area (TPSA) is 66.4 Å². The number of nitrogens with zero attached hydrogens (tertiary/aromatic N) is 5. The minimum Gasteiger partial charge on any atom is -0.496 e. The second-order valence-electron chi connectivity index (χ2n) is 5.17. The van der Waals surface area contributed by atoms with Crippen LogP contribution in [-0.2, 0) is 0 Å². The van der Waals surface area contributed by atoms with E-state index in [9.17, 15) is 5.26 Å². The van der Waals surface area contributed by atoms with Crippen LogP contribution >= 0.6 is 0 Å². The standard InChI is InChI=1S/C16H19N5O/c1-11-6-7-14(22-5)12(2)15(11)21-10-18-13(8-17)16(21)19-9-20(3)4/h6-7,9-10H,1-5H3. The molecule has 0 amide bonds. The van der Waals surface area contributed by atoms with Gasteiger partial charge >= 0.3 is 0 Å². The third kappa shape index (κ3) is 2.79. The first kappa shape index (κ1) is 15.6. The highest BCUT2D eigenvalue weighted by atomic mass is 16.5. The van der Waals surface area contributed by atoms with Gasteiger partial charge in [-0.3, -0.25) is 4.57 Å². The Bertz CT molecular complexity index is 753. The lowest BCUT2D eigenvalue weighted by atomic mass is 10.1. The Labute approximate surface area is 130 Å². The van der Waals surface area contributed by atoms with Crippen molar-refractivity contribution in [1.82, 2.24) is 14.5 Å². The number of hydrogen-bond acceptors (Lipinski definition) is 4. The Hall–Kier alpha value is -2.81. The molecule has 2 rings (SSSR count). The molecule has 1 aromatic carbocycles. The van der Waals surface area contributed by atoms with Crippen LogP contribution in [0.5, 0.6) is 5.75 Å². The van der Waals surface area contributed by atoms with Gasteiger partial charge < -0.3 is 9.64 Å². The van der Waals surface area contributed by atoms with Crippen molar-refractivity contribution in [3.63, 3.8) is 0 Å². The predicted octanol–water partition coefficient (Wildman–Crippen LogP) is 2.59. The van der Waals surface area contributed by atoms with Gasteiger partial charge in [-0.15, -0.1) is 0 Å². The van der Waals surface area contributed by atoms with Gasteiger partial charge in [0.15, 0.2) is 11.5 Å². The molecule has 0 atom stereocenters. The van der Waals surface area contributed by atoms with Crippen molar-refractivity contribution in [2.45, 2.75) is 13.8 Å². The minimum atomic E-state index is 0.291. The summed E-state index contributed by atoms with van der Waals surface area (Å²) in [6.07, 6.45) is 3.27. The van der Waals surface area contributed by atoms with E-state index in [1.807, 2.05) is 49.5 Å². The van der Waals surface area contributed by atoms with Crippen LogP contribution in [0.1, 0.15) is 16.8 Å². The van der Waals surface area contributed by atoms with Gasteiger partial charge in [0.2, 0.25) is 0 Å². The van der Waals surface area contributed by atoms with E-state index in [0.717, 1.165) is 22.6 Å². The SMILES string of the molecule is COc1ccc(C)c(-n2cnc(C#N)c2N=CN(C)C)c1C. The smallest absolute Gasteiger partial charge is 0.185 e. The molecule has 1 aromatic heterocycles. The van der Waals surface area contributed by atoms with Crippen molar-refractivity contribution < 1.29 is 4.74 Å². The third-order valence-electron chi connectivity index (χ3n) is 3.30. The zero-order chi connectivity index (χ0) is 16.3. The summed E-state index contributed by atoms with van der Waals surface area (Å²) in [6.45, 7) is 3.99. The molecule has 0 aliphatic rings. The highest BCUT2D eigenvalue weighted by Gasteiger charge is 2.16. The largest absolute Gasteiger partial charge is 0.496 e. The summed E-state index contributed by atoms with van der Waals surface area (Å²) in [5, 5.41) is 9.25. The molecule has 0 N–H and O–H groups in total. The maximum atomic E-state index is 9.25. The van der Waals surface area contributed by atoms with Gasteiger partial charge in [-0.25, -0.2) is 9.98 Å². The number of aryl methyl sites for hydroxylation is 1. The normalized spacial score (nSPS) is 10.7. The maximum Gasteiger partial charge on any atom is 0.185 e. The molecule has 0 aliphatic heterocycles. The van der Waals surface area contributed by atoms with Crippen LogP contribution in [0.25, 0.3) is 5.69 Å². The summed E-state index contributed by atoms with van der Waals surface area (Å²) in [6, 6.07) is 5.99. The molecule has 114 valence electrons. The van der Waals surface area contributed by atoms with Gasteiger partial charge in [-0.1, -0.05) is 6.07 Å². The highest BCUT2D eigenvalue weighted by molar-refractivity contribution is 5.65. The van der Waals surface area contributed by atoms with Crippen LogP contribution in [0.3, 0.4) is 0 Å². The first-order valence-electron chi connectivity index (χ1n) is 6.82. The molecule has 0 bridgehead atoms. The van der Waals surface area contributed by atoms with Crippen LogP contribution in [0.4, 0.5) is 5.82 Å². The first-order valence-corrected chi connectivity index (χ1v) is 6.82. The number of nitriles is 1. The van der Waals surface area contributed by atoms with E-state index in [4.69, 9.17) is 4.74 Å². The fraction of sp³-hybridized carbons (Fsp3) is 0.312. The molecule has 0 saturated heterocycles. The second kappa shape index (κ2) is 6.31. The van der Waals surface area contributed by atoms with Crippen molar-refractivity contribution in [2.75, 3.05) is 21.2 Å². The Kier molecular flexibility index (Phi) is 4.47. The Balaban J connectivity index is 2.69. The van der Waals surface area contributed by atoms with Crippen molar-refractivity contribution >= 4 is 12.2 Å². The van der Waals surface area contributed by atoms with Gasteiger partial charge in [0, 0.05) is 19.7 Å². The summed E-state index contributed by atoms with van der Waals surface area (Å²) < 4.78 is 7.21. The van der Waals surface area contributed by atoms with E-state index in [0.29, 0.717) is 11.5 Å². The van der Waals surface area contributed by atoms with Crippen molar-refractivity contribution in [3.8, 4) is 17.5 Å². The minimum absolute atomic E-state index is 0.291. The van der Waals surface area contributed by atoms with Gasteiger partial charge in [0.05, 0.1) is 19.1 Å². The third-order valence-corrected chi connectivity index (χ3v) is 3.30. The van der Waals surface area contributed by atoms with Gasteiger partial charge in [0.1, 0.15) is 18.1 Å². The average Bonchev–Trinajstić information content (AvgIpc) is 2.88. The maximum absolute atomic E-state index is 9.25. The van der Waals surface area contributed by atoms with Crippen molar-refractivity contribution in [2.24, 2.45) is 4.99 Å². The Morgan fingerprint density at radius 3 is 2.68 bits per heavy atom. The zero-order valence-corrected chi connectivity index (χ0v) is 13.5. The summed E-state index contributed by atoms with van der Waals surface area (Å²) in [5.41, 5.74) is 3.26. The molecule has 22 heavy (non-hydrogen) atoms. The molecular weight excluding hydrogens is 278 g/mol. The monoisotopic (exact) mass is 297 g/mol. The number of aromatic nitrogens is 2. The Morgan fingerprint density at radius 2 is 2.09 bits per heavy atom. The summed E-state index contributed by atoms with van der Waals surface area (Å²) in [5.74, 6) is 1.30. The van der Waals surface area contributed by atoms with Crippen molar-refractivity contribution in [1.29, 1.82) is 5.26 Å². The van der Waals surface area contributed by atoms with E-state index in [1.165, 1.54) is 0 Å². The second-order valence-corrected chi connectivity index (χ2v) is 5.17. The molecule has 6 heteroatoms. The number of ether oxygens (including phenoxy) is 1.